The minimum atomic E-state index is -0.394. The lowest BCUT2D eigenvalue weighted by Gasteiger charge is -2.22. The summed E-state index contributed by atoms with van der Waals surface area (Å²) >= 11 is 0. The van der Waals surface area contributed by atoms with E-state index in [1.807, 2.05) is 18.2 Å². The van der Waals surface area contributed by atoms with Gasteiger partial charge in [-0.3, -0.25) is 24.6 Å². The number of fused-ring (bicyclic) bond motifs is 1. The quantitative estimate of drug-likeness (QED) is 0.180. The van der Waals surface area contributed by atoms with Crippen molar-refractivity contribution in [3.63, 3.8) is 0 Å². The van der Waals surface area contributed by atoms with E-state index in [2.05, 4.69) is 10.3 Å². The summed E-state index contributed by atoms with van der Waals surface area (Å²) < 4.78 is 0. The maximum Gasteiger partial charge on any atom is 0.260 e. The molecule has 9 nitrogen and oxygen atoms in total. The molecular weight excluding hydrogens is 448 g/mol. The number of aliphatic hydroxyl groups excluding tert-OH is 1. The SMILES string of the molecule is O=C(CCCCCCNC(=O)c1ccc(N(CCO)C(=O)c2cccc3cccnc23)cc1)NO. The van der Waals surface area contributed by atoms with Crippen LogP contribution in [0.15, 0.2) is 60.8 Å². The first-order valence-corrected chi connectivity index (χ1v) is 11.6. The molecule has 9 heteroatoms. The predicted octanol–water partition coefficient (Wildman–Crippen LogP) is 3.06. The first-order valence-electron chi connectivity index (χ1n) is 11.6. The average molecular weight is 479 g/mol. The zero-order chi connectivity index (χ0) is 25.0. The summed E-state index contributed by atoms with van der Waals surface area (Å²) in [5.41, 5.74) is 3.68. The van der Waals surface area contributed by atoms with E-state index in [9.17, 15) is 19.5 Å². The minimum absolute atomic E-state index is 0.105. The number of rotatable bonds is 12. The van der Waals surface area contributed by atoms with Crippen LogP contribution >= 0.6 is 0 Å². The Balaban J connectivity index is 1.59. The summed E-state index contributed by atoms with van der Waals surface area (Å²) in [6.07, 6.45) is 5.07. The highest BCUT2D eigenvalue weighted by Crippen LogP contribution is 2.22. The topological polar surface area (TPSA) is 132 Å². The van der Waals surface area contributed by atoms with Crippen molar-refractivity contribution in [2.24, 2.45) is 0 Å². The molecule has 2 aromatic carbocycles. The molecule has 3 amide bonds. The molecular formula is C26H30N4O5. The number of hydrogen-bond donors (Lipinski definition) is 4. The van der Waals surface area contributed by atoms with Gasteiger partial charge in [0.25, 0.3) is 11.8 Å². The Morgan fingerprint density at radius 2 is 1.66 bits per heavy atom. The molecule has 0 spiro atoms. The Morgan fingerprint density at radius 1 is 0.914 bits per heavy atom. The number of carbonyl (C=O) groups excluding carboxylic acids is 3. The van der Waals surface area contributed by atoms with Crippen molar-refractivity contribution in [2.45, 2.75) is 32.1 Å². The van der Waals surface area contributed by atoms with Gasteiger partial charge in [-0.05, 0) is 49.2 Å². The Hall–Kier alpha value is -3.82. The van der Waals surface area contributed by atoms with Crippen LogP contribution in [0.5, 0.6) is 0 Å². The third-order valence-electron chi connectivity index (χ3n) is 5.61. The Kier molecular flexibility index (Phi) is 9.70. The zero-order valence-corrected chi connectivity index (χ0v) is 19.4. The van der Waals surface area contributed by atoms with Crippen molar-refractivity contribution >= 4 is 34.3 Å². The lowest BCUT2D eigenvalue weighted by Crippen LogP contribution is -2.34. The summed E-state index contributed by atoms with van der Waals surface area (Å²) in [7, 11) is 0. The predicted molar refractivity (Wildman–Crippen MR) is 132 cm³/mol. The number of hydroxylamine groups is 1. The highest BCUT2D eigenvalue weighted by Gasteiger charge is 2.20. The second kappa shape index (κ2) is 13.2. The van der Waals surface area contributed by atoms with Crippen LogP contribution in [0.2, 0.25) is 0 Å². The molecule has 1 aromatic heterocycles. The molecule has 3 aromatic rings. The van der Waals surface area contributed by atoms with Crippen LogP contribution in [-0.2, 0) is 4.79 Å². The number of amides is 3. The van der Waals surface area contributed by atoms with Gasteiger partial charge >= 0.3 is 0 Å². The number of nitrogens with one attached hydrogen (secondary N) is 2. The fraction of sp³-hybridized carbons (Fsp3) is 0.308. The molecule has 0 saturated carbocycles. The molecule has 3 rings (SSSR count). The van der Waals surface area contributed by atoms with Gasteiger partial charge in [-0.15, -0.1) is 0 Å². The second-order valence-electron chi connectivity index (χ2n) is 8.06. The van der Waals surface area contributed by atoms with Gasteiger partial charge in [0, 0.05) is 42.3 Å². The van der Waals surface area contributed by atoms with Crippen molar-refractivity contribution in [1.29, 1.82) is 0 Å². The van der Waals surface area contributed by atoms with Crippen molar-refractivity contribution in [3.05, 3.63) is 71.9 Å². The van der Waals surface area contributed by atoms with E-state index in [1.54, 1.807) is 48.1 Å². The lowest BCUT2D eigenvalue weighted by molar-refractivity contribution is -0.129. The highest BCUT2D eigenvalue weighted by atomic mass is 16.5. The fourth-order valence-corrected chi connectivity index (χ4v) is 3.79. The summed E-state index contributed by atoms with van der Waals surface area (Å²) in [6, 6.07) is 15.8. The largest absolute Gasteiger partial charge is 0.395 e. The molecule has 35 heavy (non-hydrogen) atoms. The van der Waals surface area contributed by atoms with E-state index in [-0.39, 0.29) is 31.4 Å². The monoisotopic (exact) mass is 478 g/mol. The van der Waals surface area contributed by atoms with Gasteiger partial charge in [-0.25, -0.2) is 5.48 Å². The molecule has 0 bridgehead atoms. The summed E-state index contributed by atoms with van der Waals surface area (Å²) in [6.45, 7) is 0.403. The molecule has 184 valence electrons. The molecule has 0 radical (unpaired) electrons. The minimum Gasteiger partial charge on any atom is -0.395 e. The molecule has 0 unspecified atom stereocenters. The van der Waals surface area contributed by atoms with Crippen molar-refractivity contribution in [1.82, 2.24) is 15.8 Å². The maximum atomic E-state index is 13.3. The van der Waals surface area contributed by atoms with Gasteiger partial charge < -0.3 is 15.3 Å². The number of hydrogen-bond acceptors (Lipinski definition) is 6. The number of aromatic nitrogens is 1. The molecule has 4 N–H and O–H groups in total. The van der Waals surface area contributed by atoms with E-state index >= 15 is 0 Å². The Bertz CT molecular complexity index is 1140. The molecule has 0 fully saturated rings. The number of nitrogens with zero attached hydrogens (tertiary/aromatic N) is 2. The summed E-state index contributed by atoms with van der Waals surface area (Å²) in [5.74, 6) is -0.888. The molecule has 0 atom stereocenters. The van der Waals surface area contributed by atoms with E-state index in [1.165, 1.54) is 4.90 Å². The van der Waals surface area contributed by atoms with Gasteiger partial charge in [0.1, 0.15) is 0 Å². The Morgan fingerprint density at radius 3 is 2.40 bits per heavy atom. The number of carbonyl (C=O) groups is 3. The molecule has 0 saturated heterocycles. The number of pyridine rings is 1. The maximum absolute atomic E-state index is 13.3. The molecule has 0 aliphatic carbocycles. The standard InChI is InChI=1S/C26H30N4O5/c31-18-17-30(26(34)22-9-5-7-19-8-6-16-27-24(19)22)21-13-11-20(12-14-21)25(33)28-15-4-2-1-3-10-23(32)29-35/h5-9,11-14,16,31,35H,1-4,10,15,17-18H2,(H,28,33)(H,29,32). The van der Waals surface area contributed by atoms with Crippen molar-refractivity contribution in [2.75, 3.05) is 24.6 Å². The third kappa shape index (κ3) is 7.08. The zero-order valence-electron chi connectivity index (χ0n) is 19.4. The lowest BCUT2D eigenvalue weighted by atomic mass is 10.1. The number of anilines is 1. The second-order valence-corrected chi connectivity index (χ2v) is 8.06. The van der Waals surface area contributed by atoms with Crippen LogP contribution < -0.4 is 15.7 Å². The van der Waals surface area contributed by atoms with Crippen LogP contribution in [0.3, 0.4) is 0 Å². The molecule has 0 aliphatic rings. The fourth-order valence-electron chi connectivity index (χ4n) is 3.79. The summed E-state index contributed by atoms with van der Waals surface area (Å²) in [4.78, 5) is 42.6. The van der Waals surface area contributed by atoms with Gasteiger partial charge in [0.2, 0.25) is 5.91 Å². The van der Waals surface area contributed by atoms with Gasteiger partial charge in [-0.1, -0.05) is 31.0 Å². The third-order valence-corrected chi connectivity index (χ3v) is 5.61. The normalized spacial score (nSPS) is 10.7. The highest BCUT2D eigenvalue weighted by molar-refractivity contribution is 6.13. The van der Waals surface area contributed by atoms with Crippen molar-refractivity contribution < 1.29 is 24.7 Å². The van der Waals surface area contributed by atoms with E-state index in [4.69, 9.17) is 5.21 Å². The molecule has 0 aliphatic heterocycles. The smallest absolute Gasteiger partial charge is 0.260 e. The van der Waals surface area contributed by atoms with Crippen LogP contribution in [0, 0.1) is 0 Å². The van der Waals surface area contributed by atoms with Gasteiger partial charge in [0.15, 0.2) is 0 Å². The van der Waals surface area contributed by atoms with Crippen LogP contribution in [0.4, 0.5) is 5.69 Å². The van der Waals surface area contributed by atoms with Crippen LogP contribution in [0.25, 0.3) is 10.9 Å². The first-order chi connectivity index (χ1) is 17.0. The first kappa shape index (κ1) is 25.8. The van der Waals surface area contributed by atoms with E-state index < -0.39 is 5.91 Å². The van der Waals surface area contributed by atoms with Crippen molar-refractivity contribution in [3.8, 4) is 0 Å². The van der Waals surface area contributed by atoms with E-state index in [0.29, 0.717) is 35.3 Å². The van der Waals surface area contributed by atoms with Crippen LogP contribution in [0.1, 0.15) is 52.8 Å². The van der Waals surface area contributed by atoms with E-state index in [0.717, 1.165) is 24.6 Å². The molecule has 1 heterocycles. The number of para-hydroxylation sites is 1. The van der Waals surface area contributed by atoms with Gasteiger partial charge in [-0.2, -0.15) is 0 Å². The summed E-state index contributed by atoms with van der Waals surface area (Å²) in [5, 5.41) is 21.7. The number of unbranched alkanes of at least 4 members (excludes halogenated alkanes) is 3. The average Bonchev–Trinajstić information content (AvgIpc) is 2.90. The number of aliphatic hydroxyl groups is 1. The van der Waals surface area contributed by atoms with Gasteiger partial charge in [0.05, 0.1) is 17.7 Å². The Labute approximate surface area is 203 Å². The number of benzene rings is 2. The van der Waals surface area contributed by atoms with Crippen LogP contribution in [-0.4, -0.2) is 52.7 Å².